The van der Waals surface area contributed by atoms with Gasteiger partial charge < -0.3 is 20.4 Å². The largest absolute Gasteiger partial charge is 0.373 e. The molecule has 3 rings (SSSR count). The van der Waals surface area contributed by atoms with Crippen molar-refractivity contribution in [2.75, 3.05) is 19.7 Å². The lowest BCUT2D eigenvalue weighted by atomic mass is 9.88. The van der Waals surface area contributed by atoms with Gasteiger partial charge in [0.15, 0.2) is 0 Å². The van der Waals surface area contributed by atoms with E-state index in [1.165, 1.54) is 0 Å². The molecule has 1 unspecified atom stereocenters. The smallest absolute Gasteiger partial charge is 0.267 e. The van der Waals surface area contributed by atoms with Crippen molar-refractivity contribution in [3.05, 3.63) is 24.0 Å². The molecule has 1 amide bonds. The quantitative estimate of drug-likeness (QED) is 0.721. The number of piperidine rings is 1. The van der Waals surface area contributed by atoms with Crippen LogP contribution in [-0.4, -0.2) is 42.2 Å². The minimum atomic E-state index is -0.0421. The molecule has 3 heterocycles. The first-order valence-corrected chi connectivity index (χ1v) is 6.56. The van der Waals surface area contributed by atoms with Crippen molar-refractivity contribution in [2.24, 2.45) is 0 Å². The molecule has 0 saturated carbocycles. The molecule has 1 atom stereocenters. The summed E-state index contributed by atoms with van der Waals surface area (Å²) in [5.41, 5.74) is 0.611. The molecule has 3 N–H and O–H groups in total. The summed E-state index contributed by atoms with van der Waals surface area (Å²) in [6.07, 6.45) is 4.78. The number of hydrogen-bond acceptors (Lipinski definition) is 3. The number of H-pyrrole nitrogens is 1. The Hall–Kier alpha value is -1.33. The van der Waals surface area contributed by atoms with E-state index in [1.807, 2.05) is 6.07 Å². The van der Waals surface area contributed by atoms with Crippen molar-refractivity contribution in [3.8, 4) is 0 Å². The van der Waals surface area contributed by atoms with Crippen LogP contribution in [0, 0.1) is 0 Å². The van der Waals surface area contributed by atoms with Gasteiger partial charge in [0, 0.05) is 6.20 Å². The second-order valence-corrected chi connectivity index (χ2v) is 5.20. The fourth-order valence-corrected chi connectivity index (χ4v) is 2.90. The Labute approximate surface area is 106 Å². The van der Waals surface area contributed by atoms with Gasteiger partial charge in [-0.1, -0.05) is 0 Å². The van der Waals surface area contributed by atoms with Crippen LogP contribution in [0.1, 0.15) is 29.8 Å². The van der Waals surface area contributed by atoms with E-state index in [1.54, 1.807) is 12.3 Å². The van der Waals surface area contributed by atoms with Crippen LogP contribution >= 0.6 is 0 Å². The third-order valence-corrected chi connectivity index (χ3v) is 3.90. The van der Waals surface area contributed by atoms with Gasteiger partial charge in [0.1, 0.15) is 5.69 Å². The lowest BCUT2D eigenvalue weighted by Crippen LogP contribution is -2.43. The summed E-state index contributed by atoms with van der Waals surface area (Å²) in [7, 11) is 0. The average molecular weight is 249 g/mol. The summed E-state index contributed by atoms with van der Waals surface area (Å²) in [6.45, 7) is 2.65. The number of aromatic amines is 1. The van der Waals surface area contributed by atoms with Crippen LogP contribution in [0.2, 0.25) is 0 Å². The molecule has 0 bridgehead atoms. The van der Waals surface area contributed by atoms with Crippen LogP contribution in [0.25, 0.3) is 0 Å². The zero-order chi connectivity index (χ0) is 12.4. The monoisotopic (exact) mass is 249 g/mol. The predicted octanol–water partition coefficient (Wildman–Crippen LogP) is 0.656. The number of ether oxygens (including phenoxy) is 1. The van der Waals surface area contributed by atoms with Gasteiger partial charge in [0.05, 0.1) is 18.2 Å². The average Bonchev–Trinajstić information content (AvgIpc) is 3.01. The second kappa shape index (κ2) is 4.74. The van der Waals surface area contributed by atoms with E-state index in [0.29, 0.717) is 12.3 Å². The highest BCUT2D eigenvalue weighted by atomic mass is 16.5. The minimum absolute atomic E-state index is 0.00106. The third kappa shape index (κ3) is 2.28. The number of carbonyl (C=O) groups is 1. The second-order valence-electron chi connectivity index (χ2n) is 5.20. The summed E-state index contributed by atoms with van der Waals surface area (Å²) in [4.78, 5) is 14.8. The molecule has 0 aliphatic carbocycles. The van der Waals surface area contributed by atoms with Crippen LogP contribution in [0.5, 0.6) is 0 Å². The van der Waals surface area contributed by atoms with Gasteiger partial charge >= 0.3 is 0 Å². The Bertz CT molecular complexity index is 410. The fraction of sp³-hybridized carbons (Fsp3) is 0.615. The van der Waals surface area contributed by atoms with Crippen molar-refractivity contribution >= 4 is 5.91 Å². The zero-order valence-electron chi connectivity index (χ0n) is 10.4. The van der Waals surface area contributed by atoms with Crippen LogP contribution in [0.3, 0.4) is 0 Å². The lowest BCUT2D eigenvalue weighted by Gasteiger charge is -2.32. The van der Waals surface area contributed by atoms with Gasteiger partial charge in [-0.3, -0.25) is 4.79 Å². The molecular weight excluding hydrogens is 230 g/mol. The standard InChI is InChI=1S/C13H19N3O2/c17-12(11-2-1-5-15-11)16-10-8-13(18-9-10)3-6-14-7-4-13/h1-2,5,10,14-15H,3-4,6-9H2,(H,16,17). The number of amides is 1. The van der Waals surface area contributed by atoms with E-state index in [4.69, 9.17) is 4.74 Å². The van der Waals surface area contributed by atoms with Crippen molar-refractivity contribution in [3.63, 3.8) is 0 Å². The maximum Gasteiger partial charge on any atom is 0.267 e. The third-order valence-electron chi connectivity index (χ3n) is 3.90. The van der Waals surface area contributed by atoms with Gasteiger partial charge in [-0.05, 0) is 44.5 Å². The molecule has 0 radical (unpaired) electrons. The summed E-state index contributed by atoms with van der Waals surface area (Å²) >= 11 is 0. The van der Waals surface area contributed by atoms with Crippen LogP contribution in [-0.2, 0) is 4.74 Å². The molecule has 18 heavy (non-hydrogen) atoms. The zero-order valence-corrected chi connectivity index (χ0v) is 10.4. The topological polar surface area (TPSA) is 66.2 Å². The Morgan fingerprint density at radius 2 is 2.28 bits per heavy atom. The molecule has 5 nitrogen and oxygen atoms in total. The Morgan fingerprint density at radius 1 is 1.44 bits per heavy atom. The maximum atomic E-state index is 11.9. The number of hydrogen-bond donors (Lipinski definition) is 3. The molecule has 2 aliphatic rings. The summed E-state index contributed by atoms with van der Waals surface area (Å²) in [5.74, 6) is -0.0421. The van der Waals surface area contributed by atoms with Crippen LogP contribution in [0.15, 0.2) is 18.3 Å². The Kier molecular flexibility index (Phi) is 3.09. The lowest BCUT2D eigenvalue weighted by molar-refractivity contribution is -0.0194. The van der Waals surface area contributed by atoms with Gasteiger partial charge in [-0.15, -0.1) is 0 Å². The van der Waals surface area contributed by atoms with E-state index in [9.17, 15) is 4.79 Å². The molecule has 2 aliphatic heterocycles. The van der Waals surface area contributed by atoms with Crippen molar-refractivity contribution in [1.82, 2.24) is 15.6 Å². The Balaban J connectivity index is 1.57. The molecule has 5 heteroatoms. The van der Waals surface area contributed by atoms with Crippen molar-refractivity contribution in [1.29, 1.82) is 0 Å². The predicted molar refractivity (Wildman–Crippen MR) is 67.5 cm³/mol. The first-order chi connectivity index (χ1) is 8.77. The highest BCUT2D eigenvalue weighted by Gasteiger charge is 2.41. The minimum Gasteiger partial charge on any atom is -0.373 e. The molecule has 2 saturated heterocycles. The van der Waals surface area contributed by atoms with E-state index < -0.39 is 0 Å². The van der Waals surface area contributed by atoms with Crippen molar-refractivity contribution < 1.29 is 9.53 Å². The van der Waals surface area contributed by atoms with Gasteiger partial charge in [0.25, 0.3) is 5.91 Å². The van der Waals surface area contributed by atoms with E-state index in [-0.39, 0.29) is 17.6 Å². The van der Waals surface area contributed by atoms with E-state index in [0.717, 1.165) is 32.4 Å². The summed E-state index contributed by atoms with van der Waals surface area (Å²) in [6, 6.07) is 3.75. The van der Waals surface area contributed by atoms with Crippen LogP contribution in [0.4, 0.5) is 0 Å². The Morgan fingerprint density at radius 3 is 3.00 bits per heavy atom. The first-order valence-electron chi connectivity index (χ1n) is 6.56. The molecule has 0 aromatic carbocycles. The molecule has 1 aromatic heterocycles. The van der Waals surface area contributed by atoms with E-state index >= 15 is 0 Å². The fourth-order valence-electron chi connectivity index (χ4n) is 2.90. The van der Waals surface area contributed by atoms with Crippen LogP contribution < -0.4 is 10.6 Å². The summed E-state index contributed by atoms with van der Waals surface area (Å²) < 4.78 is 5.95. The van der Waals surface area contributed by atoms with Gasteiger partial charge in [-0.25, -0.2) is 0 Å². The summed E-state index contributed by atoms with van der Waals surface area (Å²) in [5, 5.41) is 6.38. The molecule has 1 aromatic rings. The number of rotatable bonds is 2. The van der Waals surface area contributed by atoms with Crippen molar-refractivity contribution in [2.45, 2.75) is 30.9 Å². The highest BCUT2D eigenvalue weighted by Crippen LogP contribution is 2.33. The first kappa shape index (κ1) is 11.7. The molecule has 98 valence electrons. The normalized spacial score (nSPS) is 26.3. The number of carbonyl (C=O) groups excluding carboxylic acids is 1. The highest BCUT2D eigenvalue weighted by molar-refractivity contribution is 5.92. The number of nitrogens with one attached hydrogen (secondary N) is 3. The molecular formula is C13H19N3O2. The molecule has 2 fully saturated rings. The number of aromatic nitrogens is 1. The maximum absolute atomic E-state index is 11.9. The van der Waals surface area contributed by atoms with Gasteiger partial charge in [-0.2, -0.15) is 0 Å². The van der Waals surface area contributed by atoms with Gasteiger partial charge in [0.2, 0.25) is 0 Å². The SMILES string of the molecule is O=C(NC1COC2(CCNCC2)C1)c1ccc[nH]1. The molecule has 1 spiro atoms. The van der Waals surface area contributed by atoms with E-state index in [2.05, 4.69) is 15.6 Å².